The summed E-state index contributed by atoms with van der Waals surface area (Å²) in [5, 5.41) is 22.4. The van der Waals surface area contributed by atoms with E-state index in [1.807, 2.05) is 42.5 Å². The monoisotopic (exact) mass is 384 g/mol. The molecule has 0 aliphatic heterocycles. The van der Waals surface area contributed by atoms with Gasteiger partial charge in [-0.2, -0.15) is 15.0 Å². The number of hydrogen-bond acceptors (Lipinski definition) is 4. The van der Waals surface area contributed by atoms with E-state index in [1.54, 1.807) is 4.80 Å². The van der Waals surface area contributed by atoms with Crippen LogP contribution >= 0.6 is 11.6 Å². The van der Waals surface area contributed by atoms with Gasteiger partial charge in [0.15, 0.2) is 0 Å². The number of nitrogens with zero attached hydrogens (tertiary/aromatic N) is 3. The second kappa shape index (κ2) is 10.2. The first-order valence-corrected chi connectivity index (χ1v) is 9.69. The van der Waals surface area contributed by atoms with Crippen molar-refractivity contribution in [2.75, 3.05) is 13.2 Å². The van der Waals surface area contributed by atoms with Crippen LogP contribution in [0.5, 0.6) is 0 Å². The lowest BCUT2D eigenvalue weighted by atomic mass is 10.1. The minimum atomic E-state index is 0.260. The topological polar surface area (TPSA) is 63.0 Å². The Kier molecular flexibility index (Phi) is 7.39. The number of aliphatic hydroxyl groups excluding tert-OH is 1. The Labute approximate surface area is 165 Å². The Hall–Kier alpha value is -2.21. The summed E-state index contributed by atoms with van der Waals surface area (Å²) in [7, 11) is 0. The van der Waals surface area contributed by atoms with Crippen molar-refractivity contribution in [3.63, 3.8) is 0 Å². The first kappa shape index (κ1) is 19.5. The molecule has 6 heteroatoms. The molecule has 0 aliphatic carbocycles. The predicted molar refractivity (Wildman–Crippen MR) is 109 cm³/mol. The van der Waals surface area contributed by atoms with Crippen LogP contribution in [0.15, 0.2) is 54.6 Å². The van der Waals surface area contributed by atoms with Gasteiger partial charge in [0.05, 0.1) is 6.54 Å². The molecule has 3 rings (SSSR count). The molecule has 0 spiro atoms. The molecule has 0 bridgehead atoms. The van der Waals surface area contributed by atoms with Crippen LogP contribution in [0.4, 0.5) is 0 Å². The third-order valence-corrected chi connectivity index (χ3v) is 4.52. The van der Waals surface area contributed by atoms with Crippen LogP contribution in [0.25, 0.3) is 11.3 Å². The van der Waals surface area contributed by atoms with Crippen molar-refractivity contribution in [3.05, 3.63) is 70.9 Å². The molecule has 3 aromatic rings. The minimum Gasteiger partial charge on any atom is -0.396 e. The summed E-state index contributed by atoms with van der Waals surface area (Å²) in [5.74, 6) is 0. The number of unbranched alkanes of at least 4 members (excludes halogenated alkanes) is 2. The summed E-state index contributed by atoms with van der Waals surface area (Å²) in [6.07, 6.45) is 2.92. The Morgan fingerprint density at radius 1 is 0.963 bits per heavy atom. The van der Waals surface area contributed by atoms with E-state index in [2.05, 4.69) is 17.4 Å². The summed E-state index contributed by atoms with van der Waals surface area (Å²) in [4.78, 5) is 1.73. The van der Waals surface area contributed by atoms with Gasteiger partial charge in [0.2, 0.25) is 0 Å². The highest BCUT2D eigenvalue weighted by molar-refractivity contribution is 6.30. The number of halogens is 1. The molecular weight excluding hydrogens is 360 g/mol. The maximum absolute atomic E-state index is 8.85. The summed E-state index contributed by atoms with van der Waals surface area (Å²) in [5.41, 5.74) is 3.97. The lowest BCUT2D eigenvalue weighted by Gasteiger charge is -2.04. The Bertz CT molecular complexity index is 835. The molecular formula is C21H25ClN4O. The lowest BCUT2D eigenvalue weighted by Crippen LogP contribution is -2.16. The van der Waals surface area contributed by atoms with Crippen molar-refractivity contribution in [1.29, 1.82) is 0 Å². The molecule has 1 heterocycles. The molecule has 0 aliphatic rings. The smallest absolute Gasteiger partial charge is 0.117 e. The van der Waals surface area contributed by atoms with Crippen molar-refractivity contribution in [3.8, 4) is 11.3 Å². The SMILES string of the molecule is OCCCCCNCc1nn(Cc2cccc(Cl)c2)nc1-c1ccccc1. The minimum absolute atomic E-state index is 0.260. The molecule has 2 N–H and O–H groups in total. The quantitative estimate of drug-likeness (QED) is 0.520. The highest BCUT2D eigenvalue weighted by atomic mass is 35.5. The molecule has 0 fully saturated rings. The van der Waals surface area contributed by atoms with Crippen LogP contribution in [0.2, 0.25) is 5.02 Å². The zero-order chi connectivity index (χ0) is 18.9. The first-order valence-electron chi connectivity index (χ1n) is 9.31. The van der Waals surface area contributed by atoms with Crippen molar-refractivity contribution in [1.82, 2.24) is 20.3 Å². The van der Waals surface area contributed by atoms with E-state index in [0.29, 0.717) is 18.1 Å². The van der Waals surface area contributed by atoms with Gasteiger partial charge in [0.1, 0.15) is 11.4 Å². The molecule has 0 unspecified atom stereocenters. The zero-order valence-corrected chi connectivity index (χ0v) is 16.1. The fourth-order valence-corrected chi connectivity index (χ4v) is 3.15. The summed E-state index contributed by atoms with van der Waals surface area (Å²) < 4.78 is 0. The number of hydrogen-bond donors (Lipinski definition) is 2. The fraction of sp³-hybridized carbons (Fsp3) is 0.333. The highest BCUT2D eigenvalue weighted by Gasteiger charge is 2.13. The van der Waals surface area contributed by atoms with Crippen LogP contribution in [0.1, 0.15) is 30.5 Å². The van der Waals surface area contributed by atoms with Gasteiger partial charge >= 0.3 is 0 Å². The van der Waals surface area contributed by atoms with Crippen LogP contribution in [-0.4, -0.2) is 33.3 Å². The van der Waals surface area contributed by atoms with Gasteiger partial charge in [0.25, 0.3) is 0 Å². The van der Waals surface area contributed by atoms with Gasteiger partial charge in [-0.3, -0.25) is 0 Å². The number of benzene rings is 2. The number of rotatable bonds is 10. The number of nitrogens with one attached hydrogen (secondary N) is 1. The molecule has 5 nitrogen and oxygen atoms in total. The van der Waals surface area contributed by atoms with Gasteiger partial charge in [-0.25, -0.2) is 0 Å². The van der Waals surface area contributed by atoms with E-state index in [4.69, 9.17) is 26.9 Å². The van der Waals surface area contributed by atoms with Crippen LogP contribution < -0.4 is 5.32 Å². The van der Waals surface area contributed by atoms with Crippen molar-refractivity contribution < 1.29 is 5.11 Å². The Morgan fingerprint density at radius 2 is 1.81 bits per heavy atom. The summed E-state index contributed by atoms with van der Waals surface area (Å²) >= 11 is 6.09. The average Bonchev–Trinajstić information content (AvgIpc) is 3.08. The van der Waals surface area contributed by atoms with Gasteiger partial charge in [-0.05, 0) is 43.5 Å². The molecule has 1 aromatic heterocycles. The van der Waals surface area contributed by atoms with Crippen molar-refractivity contribution in [2.24, 2.45) is 0 Å². The van der Waals surface area contributed by atoms with E-state index in [0.717, 1.165) is 48.3 Å². The fourth-order valence-electron chi connectivity index (χ4n) is 2.94. The molecule has 0 amide bonds. The molecule has 2 aromatic carbocycles. The highest BCUT2D eigenvalue weighted by Crippen LogP contribution is 2.20. The second-order valence-electron chi connectivity index (χ2n) is 6.48. The van der Waals surface area contributed by atoms with E-state index in [1.165, 1.54) is 0 Å². The lowest BCUT2D eigenvalue weighted by molar-refractivity contribution is 0.283. The largest absolute Gasteiger partial charge is 0.396 e. The van der Waals surface area contributed by atoms with Crippen LogP contribution in [0, 0.1) is 0 Å². The standard InChI is InChI=1S/C21H25ClN4O/c22-19-11-7-8-17(14-19)16-26-24-20(15-23-12-5-2-6-13-27)21(25-26)18-9-3-1-4-10-18/h1,3-4,7-11,14,23,27H,2,5-6,12-13,15-16H2. The van der Waals surface area contributed by atoms with E-state index in [-0.39, 0.29) is 6.61 Å². The maximum atomic E-state index is 8.85. The molecule has 0 saturated heterocycles. The van der Waals surface area contributed by atoms with Gasteiger partial charge in [-0.15, -0.1) is 0 Å². The Morgan fingerprint density at radius 3 is 2.59 bits per heavy atom. The normalized spacial score (nSPS) is 11.0. The molecule has 0 saturated carbocycles. The molecule has 142 valence electrons. The van der Waals surface area contributed by atoms with E-state index in [9.17, 15) is 0 Å². The molecule has 0 atom stereocenters. The Balaban J connectivity index is 1.73. The average molecular weight is 385 g/mol. The van der Waals surface area contributed by atoms with E-state index < -0.39 is 0 Å². The number of aromatic nitrogens is 3. The summed E-state index contributed by atoms with van der Waals surface area (Å²) in [6.45, 7) is 2.40. The second-order valence-corrected chi connectivity index (χ2v) is 6.92. The van der Waals surface area contributed by atoms with Crippen LogP contribution in [-0.2, 0) is 13.1 Å². The summed E-state index contributed by atoms with van der Waals surface area (Å²) in [6, 6.07) is 17.9. The third kappa shape index (κ3) is 5.89. The predicted octanol–water partition coefficient (Wildman–Crippen LogP) is 3.90. The van der Waals surface area contributed by atoms with Gasteiger partial charge in [0, 0.05) is 23.7 Å². The first-order chi connectivity index (χ1) is 13.3. The van der Waals surface area contributed by atoms with Gasteiger partial charge in [-0.1, -0.05) is 54.1 Å². The van der Waals surface area contributed by atoms with Gasteiger partial charge < -0.3 is 10.4 Å². The van der Waals surface area contributed by atoms with E-state index >= 15 is 0 Å². The van der Waals surface area contributed by atoms with Crippen molar-refractivity contribution >= 4 is 11.6 Å². The number of aliphatic hydroxyl groups is 1. The molecule has 0 radical (unpaired) electrons. The third-order valence-electron chi connectivity index (χ3n) is 4.29. The maximum Gasteiger partial charge on any atom is 0.117 e. The van der Waals surface area contributed by atoms with Crippen molar-refractivity contribution in [2.45, 2.75) is 32.4 Å². The molecule has 27 heavy (non-hydrogen) atoms. The van der Waals surface area contributed by atoms with Crippen LogP contribution in [0.3, 0.4) is 0 Å². The zero-order valence-electron chi connectivity index (χ0n) is 15.3.